The SMILES string of the molecule is CCOc1n[nH]c(NC(=O)c2cn[nH]n2)n1. The van der Waals surface area contributed by atoms with Gasteiger partial charge in [-0.3, -0.25) is 10.1 Å². The first-order chi connectivity index (χ1) is 7.79. The highest BCUT2D eigenvalue weighted by Gasteiger charge is 2.11. The van der Waals surface area contributed by atoms with E-state index in [4.69, 9.17) is 4.74 Å². The lowest BCUT2D eigenvalue weighted by atomic mass is 10.4. The Balaban J connectivity index is 2.01. The monoisotopic (exact) mass is 223 g/mol. The summed E-state index contributed by atoms with van der Waals surface area (Å²) in [5.41, 5.74) is 0.161. The van der Waals surface area contributed by atoms with Crippen molar-refractivity contribution in [3.05, 3.63) is 11.9 Å². The number of aromatic nitrogens is 6. The molecule has 0 bridgehead atoms. The van der Waals surface area contributed by atoms with E-state index >= 15 is 0 Å². The second-order valence-corrected chi connectivity index (χ2v) is 2.71. The van der Waals surface area contributed by atoms with Gasteiger partial charge in [0.05, 0.1) is 12.8 Å². The van der Waals surface area contributed by atoms with Crippen molar-refractivity contribution in [3.8, 4) is 6.01 Å². The van der Waals surface area contributed by atoms with E-state index in [9.17, 15) is 4.79 Å². The number of hydrogen-bond donors (Lipinski definition) is 3. The van der Waals surface area contributed by atoms with Gasteiger partial charge >= 0.3 is 6.01 Å². The number of nitrogens with one attached hydrogen (secondary N) is 3. The number of carbonyl (C=O) groups is 1. The molecule has 0 saturated heterocycles. The van der Waals surface area contributed by atoms with Gasteiger partial charge in [-0.1, -0.05) is 0 Å². The van der Waals surface area contributed by atoms with Crippen LogP contribution >= 0.6 is 0 Å². The maximum Gasteiger partial charge on any atom is 0.337 e. The molecule has 16 heavy (non-hydrogen) atoms. The molecule has 0 aliphatic carbocycles. The van der Waals surface area contributed by atoms with Gasteiger partial charge in [0.1, 0.15) is 0 Å². The smallest absolute Gasteiger partial charge is 0.337 e. The fraction of sp³-hybridized carbons (Fsp3) is 0.286. The van der Waals surface area contributed by atoms with E-state index < -0.39 is 5.91 Å². The van der Waals surface area contributed by atoms with Crippen LogP contribution in [-0.2, 0) is 0 Å². The van der Waals surface area contributed by atoms with E-state index in [2.05, 4.69) is 35.9 Å². The topological polar surface area (TPSA) is 121 Å². The summed E-state index contributed by atoms with van der Waals surface area (Å²) in [6.07, 6.45) is 1.30. The molecule has 84 valence electrons. The summed E-state index contributed by atoms with van der Waals surface area (Å²) in [4.78, 5) is 15.4. The van der Waals surface area contributed by atoms with Gasteiger partial charge in [0.25, 0.3) is 5.91 Å². The van der Waals surface area contributed by atoms with Crippen LogP contribution in [0.25, 0.3) is 0 Å². The van der Waals surface area contributed by atoms with Gasteiger partial charge in [0.15, 0.2) is 5.69 Å². The number of rotatable bonds is 4. The molecule has 0 aliphatic rings. The molecule has 0 radical (unpaired) electrons. The molecule has 0 fully saturated rings. The Labute approximate surface area is 89.6 Å². The third kappa shape index (κ3) is 2.13. The lowest BCUT2D eigenvalue weighted by Gasteiger charge is -1.95. The molecule has 0 spiro atoms. The fourth-order valence-corrected chi connectivity index (χ4v) is 0.979. The van der Waals surface area contributed by atoms with E-state index in [-0.39, 0.29) is 17.7 Å². The van der Waals surface area contributed by atoms with E-state index in [0.717, 1.165) is 0 Å². The first-order valence-corrected chi connectivity index (χ1v) is 4.52. The molecule has 0 aliphatic heterocycles. The highest BCUT2D eigenvalue weighted by Crippen LogP contribution is 2.06. The molecule has 2 rings (SSSR count). The Bertz CT molecular complexity index is 463. The van der Waals surface area contributed by atoms with Crippen LogP contribution in [0.3, 0.4) is 0 Å². The number of ether oxygens (including phenoxy) is 1. The van der Waals surface area contributed by atoms with E-state index in [0.29, 0.717) is 6.61 Å². The molecule has 0 atom stereocenters. The van der Waals surface area contributed by atoms with E-state index in [1.54, 1.807) is 0 Å². The minimum atomic E-state index is -0.437. The van der Waals surface area contributed by atoms with Crippen LogP contribution in [0.15, 0.2) is 6.20 Å². The minimum Gasteiger partial charge on any atom is -0.463 e. The molecule has 2 aromatic heterocycles. The van der Waals surface area contributed by atoms with Crippen molar-refractivity contribution in [2.24, 2.45) is 0 Å². The van der Waals surface area contributed by atoms with Crippen LogP contribution in [0.4, 0.5) is 5.95 Å². The zero-order chi connectivity index (χ0) is 11.4. The molecule has 2 aromatic rings. The van der Waals surface area contributed by atoms with Crippen LogP contribution in [0, 0.1) is 0 Å². The third-order valence-corrected chi connectivity index (χ3v) is 1.62. The molecule has 0 unspecified atom stereocenters. The average Bonchev–Trinajstić information content (AvgIpc) is 2.89. The molecule has 9 heteroatoms. The maximum absolute atomic E-state index is 11.5. The van der Waals surface area contributed by atoms with Crippen molar-refractivity contribution >= 4 is 11.9 Å². The van der Waals surface area contributed by atoms with Crippen molar-refractivity contribution in [2.75, 3.05) is 11.9 Å². The van der Waals surface area contributed by atoms with Crippen molar-refractivity contribution in [1.29, 1.82) is 0 Å². The molecule has 2 heterocycles. The second-order valence-electron chi connectivity index (χ2n) is 2.71. The molecule has 9 nitrogen and oxygen atoms in total. The first kappa shape index (κ1) is 10.1. The normalized spacial score (nSPS) is 10.1. The fourth-order valence-electron chi connectivity index (χ4n) is 0.979. The molecule has 1 amide bonds. The summed E-state index contributed by atoms with van der Waals surface area (Å²) >= 11 is 0. The molecule has 0 saturated carbocycles. The van der Waals surface area contributed by atoms with Crippen LogP contribution < -0.4 is 10.1 Å². The van der Waals surface area contributed by atoms with E-state index in [1.807, 2.05) is 6.92 Å². The Morgan fingerprint density at radius 1 is 1.56 bits per heavy atom. The number of H-pyrrole nitrogens is 2. The number of amides is 1. The standard InChI is InChI=1S/C7H9N7O2/c1-2-16-7-10-6(12-13-7)9-5(15)4-3-8-14-11-4/h3H,2H2,1H3,(H,8,11,14)(H2,9,10,12,13,15). The zero-order valence-electron chi connectivity index (χ0n) is 8.39. The summed E-state index contributed by atoms with van der Waals surface area (Å²) in [5, 5.41) is 18.1. The van der Waals surface area contributed by atoms with Gasteiger partial charge in [-0.2, -0.15) is 20.4 Å². The highest BCUT2D eigenvalue weighted by molar-refractivity contribution is 6.01. The summed E-state index contributed by atoms with van der Waals surface area (Å²) < 4.78 is 5.02. The van der Waals surface area contributed by atoms with Crippen molar-refractivity contribution < 1.29 is 9.53 Å². The van der Waals surface area contributed by atoms with Gasteiger partial charge in [0.2, 0.25) is 5.95 Å². The van der Waals surface area contributed by atoms with Gasteiger partial charge in [-0.15, -0.1) is 5.10 Å². The lowest BCUT2D eigenvalue weighted by Crippen LogP contribution is -2.13. The summed E-state index contributed by atoms with van der Waals surface area (Å²) in [7, 11) is 0. The predicted octanol–water partition coefficient (Wildman–Crippen LogP) is -0.426. The average molecular weight is 223 g/mol. The molecule has 0 aromatic carbocycles. The number of hydrogen-bond acceptors (Lipinski definition) is 6. The van der Waals surface area contributed by atoms with Gasteiger partial charge in [-0.05, 0) is 6.92 Å². The van der Waals surface area contributed by atoms with Crippen molar-refractivity contribution in [1.82, 2.24) is 30.6 Å². The van der Waals surface area contributed by atoms with Crippen LogP contribution in [0.1, 0.15) is 17.4 Å². The molecular weight excluding hydrogens is 214 g/mol. The number of nitrogens with zero attached hydrogens (tertiary/aromatic N) is 4. The van der Waals surface area contributed by atoms with Gasteiger partial charge in [-0.25, -0.2) is 5.10 Å². The second kappa shape index (κ2) is 4.38. The Morgan fingerprint density at radius 2 is 2.44 bits per heavy atom. The number of carbonyl (C=O) groups excluding carboxylic acids is 1. The Morgan fingerprint density at radius 3 is 3.12 bits per heavy atom. The Kier molecular flexibility index (Phi) is 2.76. The number of anilines is 1. The number of aromatic amines is 2. The summed E-state index contributed by atoms with van der Waals surface area (Å²) in [6, 6.07) is 0.179. The molecule has 3 N–H and O–H groups in total. The van der Waals surface area contributed by atoms with Gasteiger partial charge < -0.3 is 4.74 Å². The Hall–Kier alpha value is -2.45. The third-order valence-electron chi connectivity index (χ3n) is 1.62. The lowest BCUT2D eigenvalue weighted by molar-refractivity contribution is 0.102. The largest absolute Gasteiger partial charge is 0.463 e. The predicted molar refractivity (Wildman–Crippen MR) is 51.9 cm³/mol. The van der Waals surface area contributed by atoms with Crippen molar-refractivity contribution in [3.63, 3.8) is 0 Å². The first-order valence-electron chi connectivity index (χ1n) is 4.52. The zero-order valence-corrected chi connectivity index (χ0v) is 8.39. The van der Waals surface area contributed by atoms with Crippen LogP contribution in [-0.4, -0.2) is 43.1 Å². The molecular formula is C7H9N7O2. The minimum absolute atomic E-state index is 0.161. The quantitative estimate of drug-likeness (QED) is 0.646. The van der Waals surface area contributed by atoms with Gasteiger partial charge in [0, 0.05) is 0 Å². The highest BCUT2D eigenvalue weighted by atomic mass is 16.5. The van der Waals surface area contributed by atoms with Crippen LogP contribution in [0.5, 0.6) is 6.01 Å². The summed E-state index contributed by atoms with van der Waals surface area (Å²) in [6.45, 7) is 2.26. The van der Waals surface area contributed by atoms with Crippen LogP contribution in [0.2, 0.25) is 0 Å². The van der Waals surface area contributed by atoms with Crippen molar-refractivity contribution in [2.45, 2.75) is 6.92 Å². The van der Waals surface area contributed by atoms with E-state index in [1.165, 1.54) is 6.20 Å². The summed E-state index contributed by atoms with van der Waals surface area (Å²) in [5.74, 6) is -0.246. The maximum atomic E-state index is 11.5.